The van der Waals surface area contributed by atoms with Crippen LogP contribution in [0.15, 0.2) is 42.5 Å². The quantitative estimate of drug-likeness (QED) is 0.588. The maximum absolute atomic E-state index is 13.7. The van der Waals surface area contributed by atoms with Gasteiger partial charge in [0.05, 0.1) is 15.9 Å². The average Bonchev–Trinajstić information content (AvgIpc) is 3.28. The van der Waals surface area contributed by atoms with Gasteiger partial charge < -0.3 is 10.2 Å². The number of nitrogens with zero attached hydrogens (tertiary/aromatic N) is 2. The Bertz CT molecular complexity index is 1230. The lowest BCUT2D eigenvalue weighted by atomic mass is 10.1. The molecule has 0 radical (unpaired) electrons. The summed E-state index contributed by atoms with van der Waals surface area (Å²) in [7, 11) is 0. The third kappa shape index (κ3) is 4.32. The van der Waals surface area contributed by atoms with E-state index < -0.39 is 0 Å². The third-order valence-corrected chi connectivity index (χ3v) is 7.76. The molecule has 1 aliphatic carbocycles. The minimum atomic E-state index is -0.0803. The van der Waals surface area contributed by atoms with Crippen molar-refractivity contribution >= 4 is 23.2 Å². The minimum absolute atomic E-state index is 0.0183. The van der Waals surface area contributed by atoms with Crippen LogP contribution in [0.1, 0.15) is 49.0 Å². The van der Waals surface area contributed by atoms with Gasteiger partial charge >= 0.3 is 0 Å². The number of thiazole rings is 1. The second kappa shape index (κ2) is 8.41. The zero-order valence-electron chi connectivity index (χ0n) is 19.5. The van der Waals surface area contributed by atoms with E-state index in [2.05, 4.69) is 35.4 Å². The molecule has 0 spiro atoms. The topological polar surface area (TPSA) is 62.3 Å². The maximum Gasteiger partial charge on any atom is 0.274 e. The van der Waals surface area contributed by atoms with Gasteiger partial charge in [-0.05, 0) is 63.6 Å². The highest BCUT2D eigenvalue weighted by molar-refractivity contribution is 7.15. The first kappa shape index (κ1) is 21.8. The highest BCUT2D eigenvalue weighted by Gasteiger charge is 2.54. The monoisotopic (exact) mass is 459 g/mol. The van der Waals surface area contributed by atoms with Crippen LogP contribution in [0.25, 0.3) is 10.4 Å². The van der Waals surface area contributed by atoms with E-state index in [0.717, 1.165) is 45.1 Å². The summed E-state index contributed by atoms with van der Waals surface area (Å²) in [6.07, 6.45) is 1.13. The Labute approximate surface area is 198 Å². The SMILES string of the molecule is Cc1cc(C)cc(C(=O)NC[C@@H]2[C@@H]3C[C@@H]3CN2C(=O)c2nc(C)sc2-c2cccc(C)c2)c1. The number of carbonyl (C=O) groups is 2. The van der Waals surface area contributed by atoms with E-state index in [1.807, 2.05) is 49.9 Å². The van der Waals surface area contributed by atoms with Crippen LogP contribution in [0.3, 0.4) is 0 Å². The second-order valence-corrected chi connectivity index (χ2v) is 10.8. The van der Waals surface area contributed by atoms with E-state index >= 15 is 0 Å². The third-order valence-electron chi connectivity index (χ3n) is 6.74. The molecule has 2 amide bonds. The Balaban J connectivity index is 1.35. The lowest BCUT2D eigenvalue weighted by Gasteiger charge is -2.27. The molecule has 2 heterocycles. The van der Waals surface area contributed by atoms with E-state index in [0.29, 0.717) is 29.6 Å². The Hall–Kier alpha value is -2.99. The number of likely N-dealkylation sites (tertiary alicyclic amines) is 1. The summed E-state index contributed by atoms with van der Waals surface area (Å²) in [5, 5.41) is 3.98. The number of hydrogen-bond acceptors (Lipinski definition) is 4. The number of aromatic nitrogens is 1. The number of aryl methyl sites for hydroxylation is 4. The Kier molecular flexibility index (Phi) is 5.57. The van der Waals surface area contributed by atoms with Crippen LogP contribution in [0.4, 0.5) is 0 Å². The minimum Gasteiger partial charge on any atom is -0.350 e. The Morgan fingerprint density at radius 1 is 1.06 bits per heavy atom. The van der Waals surface area contributed by atoms with Gasteiger partial charge in [-0.1, -0.05) is 47.0 Å². The molecule has 1 saturated carbocycles. The number of nitrogens with one attached hydrogen (secondary N) is 1. The Morgan fingerprint density at radius 3 is 2.55 bits per heavy atom. The Morgan fingerprint density at radius 2 is 1.82 bits per heavy atom. The molecule has 5 rings (SSSR count). The highest BCUT2D eigenvalue weighted by atomic mass is 32.1. The fourth-order valence-corrected chi connectivity index (χ4v) is 6.07. The highest BCUT2D eigenvalue weighted by Crippen LogP contribution is 2.50. The van der Waals surface area contributed by atoms with Crippen LogP contribution < -0.4 is 5.32 Å². The smallest absolute Gasteiger partial charge is 0.274 e. The van der Waals surface area contributed by atoms with E-state index in [9.17, 15) is 9.59 Å². The van der Waals surface area contributed by atoms with Crippen molar-refractivity contribution in [3.8, 4) is 10.4 Å². The van der Waals surface area contributed by atoms with Gasteiger partial charge in [-0.2, -0.15) is 0 Å². The predicted molar refractivity (Wildman–Crippen MR) is 132 cm³/mol. The molecular weight excluding hydrogens is 430 g/mol. The lowest BCUT2D eigenvalue weighted by molar-refractivity contribution is 0.0690. The molecule has 3 aromatic rings. The number of fused-ring (bicyclic) bond motifs is 1. The fourth-order valence-electron chi connectivity index (χ4n) is 5.16. The van der Waals surface area contributed by atoms with Crippen molar-refractivity contribution in [3.05, 3.63) is 75.4 Å². The van der Waals surface area contributed by atoms with Gasteiger partial charge in [0.1, 0.15) is 5.69 Å². The summed E-state index contributed by atoms with van der Waals surface area (Å²) in [6, 6.07) is 14.1. The zero-order chi connectivity index (χ0) is 23.3. The summed E-state index contributed by atoms with van der Waals surface area (Å²) in [4.78, 5) is 34.0. The molecule has 170 valence electrons. The van der Waals surface area contributed by atoms with E-state index in [4.69, 9.17) is 0 Å². The summed E-state index contributed by atoms with van der Waals surface area (Å²) in [5.74, 6) is 0.909. The van der Waals surface area contributed by atoms with Gasteiger partial charge in [-0.3, -0.25) is 9.59 Å². The number of hydrogen-bond donors (Lipinski definition) is 1. The van der Waals surface area contributed by atoms with Crippen molar-refractivity contribution in [1.29, 1.82) is 0 Å². The van der Waals surface area contributed by atoms with Crippen LogP contribution in [0.2, 0.25) is 0 Å². The van der Waals surface area contributed by atoms with Gasteiger partial charge in [0.15, 0.2) is 0 Å². The summed E-state index contributed by atoms with van der Waals surface area (Å²) in [5.41, 5.74) is 5.55. The van der Waals surface area contributed by atoms with Crippen molar-refractivity contribution in [3.63, 3.8) is 0 Å². The van der Waals surface area contributed by atoms with Crippen LogP contribution in [0.5, 0.6) is 0 Å². The lowest BCUT2D eigenvalue weighted by Crippen LogP contribution is -2.45. The first-order chi connectivity index (χ1) is 15.8. The molecule has 3 atom stereocenters. The summed E-state index contributed by atoms with van der Waals surface area (Å²) >= 11 is 1.57. The van der Waals surface area contributed by atoms with Crippen LogP contribution in [-0.4, -0.2) is 40.8 Å². The van der Waals surface area contributed by atoms with Crippen molar-refractivity contribution in [2.24, 2.45) is 11.8 Å². The van der Waals surface area contributed by atoms with Crippen molar-refractivity contribution in [2.75, 3.05) is 13.1 Å². The molecule has 5 nitrogen and oxygen atoms in total. The summed E-state index contributed by atoms with van der Waals surface area (Å²) < 4.78 is 0. The molecule has 2 aromatic carbocycles. The largest absolute Gasteiger partial charge is 0.350 e. The van der Waals surface area contributed by atoms with Gasteiger partial charge in [-0.15, -0.1) is 11.3 Å². The molecule has 2 aliphatic rings. The standard InChI is InChI=1S/C27H29N3O2S/c1-15-6-5-7-19(9-15)25-24(29-18(4)33-25)27(32)30-14-21-12-22(21)23(30)13-28-26(31)20-10-16(2)8-17(3)11-20/h5-11,21-23H,12-14H2,1-4H3,(H,28,31)/t21-,22-,23-/m1/s1. The number of rotatable bonds is 5. The van der Waals surface area contributed by atoms with Crippen molar-refractivity contribution < 1.29 is 9.59 Å². The van der Waals surface area contributed by atoms with Crippen LogP contribution >= 0.6 is 11.3 Å². The van der Waals surface area contributed by atoms with Gasteiger partial charge in [0, 0.05) is 18.7 Å². The number of piperidine rings is 1. The molecule has 1 aliphatic heterocycles. The normalized spacial score (nSPS) is 21.1. The average molecular weight is 460 g/mol. The molecule has 0 unspecified atom stereocenters. The molecule has 1 saturated heterocycles. The molecule has 1 aromatic heterocycles. The molecule has 1 N–H and O–H groups in total. The zero-order valence-corrected chi connectivity index (χ0v) is 20.3. The van der Waals surface area contributed by atoms with E-state index in [1.54, 1.807) is 11.3 Å². The molecule has 6 heteroatoms. The van der Waals surface area contributed by atoms with Crippen molar-refractivity contribution in [2.45, 2.75) is 40.2 Å². The van der Waals surface area contributed by atoms with Crippen LogP contribution in [-0.2, 0) is 0 Å². The molecule has 33 heavy (non-hydrogen) atoms. The fraction of sp³-hybridized carbons (Fsp3) is 0.370. The van der Waals surface area contributed by atoms with E-state index in [1.165, 1.54) is 0 Å². The first-order valence-corrected chi connectivity index (χ1v) is 12.3. The molecule has 2 fully saturated rings. The maximum atomic E-state index is 13.7. The first-order valence-electron chi connectivity index (χ1n) is 11.5. The summed E-state index contributed by atoms with van der Waals surface area (Å²) in [6.45, 7) is 9.22. The number of carbonyl (C=O) groups excluding carboxylic acids is 2. The van der Waals surface area contributed by atoms with Gasteiger partial charge in [0.2, 0.25) is 0 Å². The second-order valence-electron chi connectivity index (χ2n) is 9.55. The van der Waals surface area contributed by atoms with Gasteiger partial charge in [-0.25, -0.2) is 4.98 Å². The molecule has 0 bridgehead atoms. The van der Waals surface area contributed by atoms with E-state index in [-0.39, 0.29) is 17.9 Å². The molecular formula is C27H29N3O2S. The predicted octanol–water partition coefficient (Wildman–Crippen LogP) is 4.93. The van der Waals surface area contributed by atoms with Crippen molar-refractivity contribution in [1.82, 2.24) is 15.2 Å². The number of benzene rings is 2. The van der Waals surface area contributed by atoms with Gasteiger partial charge in [0.25, 0.3) is 11.8 Å². The number of amides is 2. The van der Waals surface area contributed by atoms with Crippen LogP contribution in [0, 0.1) is 39.5 Å².